The molecule has 0 heterocycles. The van der Waals surface area contributed by atoms with Gasteiger partial charge in [0.05, 0.1) is 39.9 Å². The minimum Gasteiger partial charge on any atom is -0.756 e. The topological polar surface area (TPSA) is 108 Å². The lowest BCUT2D eigenvalue weighted by molar-refractivity contribution is -0.870. The van der Waals surface area contributed by atoms with Gasteiger partial charge in [0.15, 0.2) is 0 Å². The van der Waals surface area contributed by atoms with Crippen LogP contribution in [0.1, 0.15) is 181 Å². The first-order valence-electron chi connectivity index (χ1n) is 20.1. The molecule has 0 aromatic rings. The van der Waals surface area contributed by atoms with Gasteiger partial charge in [-0.2, -0.15) is 0 Å². The number of phosphoric acid groups is 1. The first kappa shape index (κ1) is 47.2. The summed E-state index contributed by atoms with van der Waals surface area (Å²) in [6, 6.07) is -0.877. The Kier molecular flexibility index (Phi) is 31.7. The molecule has 0 spiro atoms. The zero-order valence-electron chi connectivity index (χ0n) is 32.2. The molecule has 0 aromatic carbocycles. The van der Waals surface area contributed by atoms with Crippen molar-refractivity contribution in [1.29, 1.82) is 0 Å². The van der Waals surface area contributed by atoms with Gasteiger partial charge < -0.3 is 28.8 Å². The minimum absolute atomic E-state index is 0.00150. The van der Waals surface area contributed by atoms with Crippen LogP contribution in [-0.4, -0.2) is 68.5 Å². The highest BCUT2D eigenvalue weighted by Gasteiger charge is 2.23. The molecule has 286 valence electrons. The molecule has 3 atom stereocenters. The first-order valence-corrected chi connectivity index (χ1v) is 21.5. The lowest BCUT2D eigenvalue weighted by Gasteiger charge is -2.29. The molecular weight excluding hydrogens is 623 g/mol. The fraction of sp³-hybridized carbons (Fsp3) is 0.923. The predicted octanol–water partition coefficient (Wildman–Crippen LogP) is 9.78. The van der Waals surface area contributed by atoms with Gasteiger partial charge in [-0.15, -0.1) is 0 Å². The number of nitrogens with one attached hydrogen (secondary N) is 1. The Bertz CT molecular complexity index is 804. The van der Waals surface area contributed by atoms with Crippen molar-refractivity contribution in [3.8, 4) is 0 Å². The molecule has 0 aliphatic heterocycles. The average molecular weight is 703 g/mol. The summed E-state index contributed by atoms with van der Waals surface area (Å²) in [7, 11) is 1.26. The summed E-state index contributed by atoms with van der Waals surface area (Å²) in [6.45, 7) is 4.61. The van der Waals surface area contributed by atoms with E-state index < -0.39 is 20.0 Å². The molecule has 1 amide bonds. The number of carbonyl (C=O) groups excluding carboxylic acids is 1. The van der Waals surface area contributed by atoms with Crippen molar-refractivity contribution in [2.24, 2.45) is 0 Å². The van der Waals surface area contributed by atoms with Crippen molar-refractivity contribution in [3.63, 3.8) is 0 Å². The number of hydrogen-bond donors (Lipinski definition) is 2. The quantitative estimate of drug-likeness (QED) is 0.0291. The lowest BCUT2D eigenvalue weighted by atomic mass is 10.0. The van der Waals surface area contributed by atoms with Crippen molar-refractivity contribution < 1.29 is 32.9 Å². The van der Waals surface area contributed by atoms with Crippen LogP contribution in [-0.2, 0) is 18.4 Å². The second-order valence-corrected chi connectivity index (χ2v) is 16.4. The summed E-state index contributed by atoms with van der Waals surface area (Å²) < 4.78 is 23.1. The van der Waals surface area contributed by atoms with Gasteiger partial charge in [-0.3, -0.25) is 9.36 Å². The Labute approximate surface area is 297 Å². The molecule has 0 rings (SSSR count). The summed E-state index contributed by atoms with van der Waals surface area (Å²) >= 11 is 0. The molecule has 0 aliphatic rings. The number of quaternary nitrogens is 1. The third-order valence-electron chi connectivity index (χ3n) is 9.00. The number of unbranched alkanes of at least 4 members (excludes halogenated alkanes) is 23. The lowest BCUT2D eigenvalue weighted by Crippen LogP contribution is -2.45. The van der Waals surface area contributed by atoms with E-state index >= 15 is 0 Å². The van der Waals surface area contributed by atoms with Crippen LogP contribution in [0, 0.1) is 0 Å². The van der Waals surface area contributed by atoms with E-state index in [-0.39, 0.29) is 19.1 Å². The number of carbonyl (C=O) groups is 1. The molecule has 0 bridgehead atoms. The number of rotatable bonds is 36. The molecule has 0 aliphatic carbocycles. The van der Waals surface area contributed by atoms with E-state index in [4.69, 9.17) is 9.05 Å². The number of amides is 1. The zero-order valence-corrected chi connectivity index (χ0v) is 33.1. The minimum atomic E-state index is -4.57. The third kappa shape index (κ3) is 33.7. The number of allylic oxidation sites excluding steroid dienone is 1. The summed E-state index contributed by atoms with van der Waals surface area (Å²) in [5, 5.41) is 13.7. The van der Waals surface area contributed by atoms with Crippen LogP contribution >= 0.6 is 7.82 Å². The van der Waals surface area contributed by atoms with Gasteiger partial charge in [0.2, 0.25) is 5.91 Å². The molecule has 9 heteroatoms. The standard InChI is InChI=1S/C39H79N2O6P/c1-6-8-10-12-14-16-17-18-19-20-21-22-23-25-27-29-31-33-39(43)40-37(36-47-48(44,45)46-35-34-41(3,4)5)38(42)32-30-28-26-24-15-13-11-9-7-2/h30,32,37-38,42H,6-29,31,33-36H2,1-5H3,(H-,40,43,44,45)/b32-30+. The summed E-state index contributed by atoms with van der Waals surface area (Å²) in [5.41, 5.74) is 0. The van der Waals surface area contributed by atoms with Crippen LogP contribution < -0.4 is 10.2 Å². The molecule has 48 heavy (non-hydrogen) atoms. The van der Waals surface area contributed by atoms with Crippen molar-refractivity contribution in [2.45, 2.75) is 193 Å². The molecule has 0 radical (unpaired) electrons. The molecule has 3 unspecified atom stereocenters. The second kappa shape index (κ2) is 32.2. The van der Waals surface area contributed by atoms with E-state index in [1.807, 2.05) is 27.2 Å². The van der Waals surface area contributed by atoms with E-state index in [9.17, 15) is 19.4 Å². The number of aliphatic hydroxyl groups is 1. The number of nitrogens with zero attached hydrogens (tertiary/aromatic N) is 1. The van der Waals surface area contributed by atoms with Crippen LogP contribution in [0.5, 0.6) is 0 Å². The Morgan fingerprint density at radius 2 is 1.12 bits per heavy atom. The Hall–Kier alpha value is -0.760. The van der Waals surface area contributed by atoms with Gasteiger partial charge in [0.1, 0.15) is 13.2 Å². The number of aliphatic hydroxyl groups excluding tert-OH is 1. The molecular formula is C39H79N2O6P. The molecule has 0 fully saturated rings. The maximum Gasteiger partial charge on any atom is 0.268 e. The maximum atomic E-state index is 12.8. The van der Waals surface area contributed by atoms with Gasteiger partial charge in [-0.1, -0.05) is 167 Å². The fourth-order valence-corrected chi connectivity index (χ4v) is 6.46. The number of phosphoric ester groups is 1. The van der Waals surface area contributed by atoms with Crippen molar-refractivity contribution in [2.75, 3.05) is 40.9 Å². The average Bonchev–Trinajstić information content (AvgIpc) is 3.02. The highest BCUT2D eigenvalue weighted by atomic mass is 31.2. The van der Waals surface area contributed by atoms with E-state index in [1.54, 1.807) is 6.08 Å². The largest absolute Gasteiger partial charge is 0.756 e. The summed E-state index contributed by atoms with van der Waals surface area (Å²) in [6.07, 6.45) is 34.0. The molecule has 8 nitrogen and oxygen atoms in total. The molecule has 2 N–H and O–H groups in total. The van der Waals surface area contributed by atoms with Gasteiger partial charge >= 0.3 is 0 Å². The Balaban J connectivity index is 4.36. The fourth-order valence-electron chi connectivity index (χ4n) is 5.74. The van der Waals surface area contributed by atoms with Gasteiger partial charge in [0.25, 0.3) is 7.82 Å². The number of likely N-dealkylation sites (N-methyl/N-ethyl adjacent to an activating group) is 1. The van der Waals surface area contributed by atoms with Gasteiger partial charge in [-0.25, -0.2) is 0 Å². The monoisotopic (exact) mass is 703 g/mol. The van der Waals surface area contributed by atoms with E-state index in [2.05, 4.69) is 19.2 Å². The van der Waals surface area contributed by atoms with E-state index in [1.165, 1.54) is 122 Å². The predicted molar refractivity (Wildman–Crippen MR) is 201 cm³/mol. The maximum absolute atomic E-state index is 12.8. The third-order valence-corrected chi connectivity index (χ3v) is 9.96. The number of hydrogen-bond acceptors (Lipinski definition) is 6. The van der Waals surface area contributed by atoms with Gasteiger partial charge in [0, 0.05) is 6.42 Å². The molecule has 0 aromatic heterocycles. The highest BCUT2D eigenvalue weighted by Crippen LogP contribution is 2.38. The Morgan fingerprint density at radius 1 is 0.708 bits per heavy atom. The van der Waals surface area contributed by atoms with Crippen LogP contribution in [0.4, 0.5) is 0 Å². The van der Waals surface area contributed by atoms with Crippen LogP contribution in [0.15, 0.2) is 12.2 Å². The normalized spacial score (nSPS) is 14.7. The zero-order chi connectivity index (χ0) is 35.8. The van der Waals surface area contributed by atoms with E-state index in [0.29, 0.717) is 17.4 Å². The SMILES string of the molecule is CCCCCCCCC/C=C/C(O)C(COP(=O)([O-])OCC[N+](C)(C)C)NC(=O)CCCCCCCCCCCCCCCCCCC. The second-order valence-electron chi connectivity index (χ2n) is 15.0. The first-order chi connectivity index (χ1) is 23.0. The van der Waals surface area contributed by atoms with Crippen LogP contribution in [0.3, 0.4) is 0 Å². The van der Waals surface area contributed by atoms with Crippen molar-refractivity contribution in [1.82, 2.24) is 5.32 Å². The molecule has 0 saturated carbocycles. The van der Waals surface area contributed by atoms with Gasteiger partial charge in [-0.05, 0) is 19.3 Å². The van der Waals surface area contributed by atoms with E-state index in [0.717, 1.165) is 38.5 Å². The summed E-state index contributed by atoms with van der Waals surface area (Å²) in [4.78, 5) is 25.1. The highest BCUT2D eigenvalue weighted by molar-refractivity contribution is 7.45. The van der Waals surface area contributed by atoms with Crippen molar-refractivity contribution >= 4 is 13.7 Å². The molecule has 0 saturated heterocycles. The summed E-state index contributed by atoms with van der Waals surface area (Å²) in [5.74, 6) is -0.198. The van der Waals surface area contributed by atoms with Crippen LogP contribution in [0.2, 0.25) is 0 Å². The van der Waals surface area contributed by atoms with Crippen molar-refractivity contribution in [3.05, 3.63) is 12.2 Å². The van der Waals surface area contributed by atoms with Crippen LogP contribution in [0.25, 0.3) is 0 Å². The Morgan fingerprint density at radius 3 is 1.56 bits per heavy atom. The smallest absolute Gasteiger partial charge is 0.268 e.